The van der Waals surface area contributed by atoms with Crippen molar-refractivity contribution >= 4 is 5.78 Å². The number of carbonyl (C=O) groups excluding carboxylic acids is 1. The van der Waals surface area contributed by atoms with Gasteiger partial charge in [0.1, 0.15) is 5.78 Å². The minimum absolute atomic E-state index is 0.280. The fourth-order valence-electron chi connectivity index (χ4n) is 2.07. The van der Waals surface area contributed by atoms with E-state index in [1.54, 1.807) is 6.07 Å². The first kappa shape index (κ1) is 10.3. The van der Waals surface area contributed by atoms with Crippen molar-refractivity contribution < 1.29 is 13.6 Å². The van der Waals surface area contributed by atoms with E-state index in [0.717, 1.165) is 18.1 Å². The highest BCUT2D eigenvalue weighted by Gasteiger charge is 2.22. The van der Waals surface area contributed by atoms with Gasteiger partial charge in [-0.25, -0.2) is 8.78 Å². The first-order chi connectivity index (χ1) is 7.15. The summed E-state index contributed by atoms with van der Waals surface area (Å²) < 4.78 is 25.5. The van der Waals surface area contributed by atoms with Gasteiger partial charge in [0.2, 0.25) is 0 Å². The molecule has 0 heterocycles. The van der Waals surface area contributed by atoms with Crippen molar-refractivity contribution in [2.24, 2.45) is 5.92 Å². The smallest absolute Gasteiger partial charge is 0.159 e. The summed E-state index contributed by atoms with van der Waals surface area (Å²) in [4.78, 5) is 11.0. The number of carbonyl (C=O) groups is 1. The molecule has 0 amide bonds. The summed E-state index contributed by atoms with van der Waals surface area (Å²) >= 11 is 0. The Kier molecular flexibility index (Phi) is 2.80. The number of Topliss-reactive ketones (excluding diaryl/α,β-unsaturated/α-hetero) is 1. The summed E-state index contributed by atoms with van der Waals surface area (Å²) in [5, 5.41) is 0. The fraction of sp³-hybridized carbons (Fsp3) is 0.417. The Labute approximate surface area is 87.1 Å². The van der Waals surface area contributed by atoms with Crippen LogP contribution < -0.4 is 0 Å². The minimum Gasteiger partial charge on any atom is -0.300 e. The van der Waals surface area contributed by atoms with Gasteiger partial charge in [0.15, 0.2) is 11.6 Å². The maximum absolute atomic E-state index is 12.9. The van der Waals surface area contributed by atoms with Crippen molar-refractivity contribution in [2.45, 2.75) is 25.7 Å². The summed E-state index contributed by atoms with van der Waals surface area (Å²) in [7, 11) is 0. The van der Waals surface area contributed by atoms with Gasteiger partial charge in [0.05, 0.1) is 0 Å². The number of ketones is 1. The molecule has 80 valence electrons. The lowest BCUT2D eigenvalue weighted by molar-refractivity contribution is -0.117. The molecule has 1 nitrogen and oxygen atoms in total. The molecule has 1 aliphatic rings. The van der Waals surface area contributed by atoms with Gasteiger partial charge < -0.3 is 0 Å². The lowest BCUT2D eigenvalue weighted by atomic mass is 9.98. The number of hydrogen-bond acceptors (Lipinski definition) is 1. The van der Waals surface area contributed by atoms with Crippen LogP contribution in [0.1, 0.15) is 24.8 Å². The first-order valence-electron chi connectivity index (χ1n) is 5.11. The van der Waals surface area contributed by atoms with E-state index in [9.17, 15) is 13.6 Å². The van der Waals surface area contributed by atoms with E-state index in [1.165, 1.54) is 6.07 Å². The molecule has 2 rings (SSSR count). The van der Waals surface area contributed by atoms with E-state index in [4.69, 9.17) is 0 Å². The number of halogens is 2. The van der Waals surface area contributed by atoms with Crippen LogP contribution in [0.15, 0.2) is 18.2 Å². The van der Waals surface area contributed by atoms with Crippen molar-refractivity contribution in [1.82, 2.24) is 0 Å². The van der Waals surface area contributed by atoms with Gasteiger partial charge in [0, 0.05) is 12.8 Å². The molecule has 1 atom stereocenters. The van der Waals surface area contributed by atoms with Crippen molar-refractivity contribution in [1.29, 1.82) is 0 Å². The Hall–Kier alpha value is -1.25. The molecular weight excluding hydrogens is 198 g/mol. The largest absolute Gasteiger partial charge is 0.300 e. The van der Waals surface area contributed by atoms with Gasteiger partial charge in [-0.2, -0.15) is 0 Å². The van der Waals surface area contributed by atoms with Crippen LogP contribution in [0.25, 0.3) is 0 Å². The van der Waals surface area contributed by atoms with Crippen molar-refractivity contribution in [3.05, 3.63) is 35.4 Å². The molecule has 1 unspecified atom stereocenters. The first-order valence-corrected chi connectivity index (χ1v) is 5.11. The normalized spacial score (nSPS) is 20.9. The van der Waals surface area contributed by atoms with Gasteiger partial charge in [-0.15, -0.1) is 0 Å². The van der Waals surface area contributed by atoms with Crippen LogP contribution in [0.4, 0.5) is 8.78 Å². The van der Waals surface area contributed by atoms with Crippen molar-refractivity contribution in [3.63, 3.8) is 0 Å². The summed E-state index contributed by atoms with van der Waals surface area (Å²) in [5.74, 6) is -1.04. The van der Waals surface area contributed by atoms with Crippen LogP contribution in [-0.2, 0) is 11.2 Å². The van der Waals surface area contributed by atoms with E-state index in [2.05, 4.69) is 0 Å². The molecule has 1 fully saturated rings. The van der Waals surface area contributed by atoms with Crippen LogP contribution in [-0.4, -0.2) is 5.78 Å². The lowest BCUT2D eigenvalue weighted by Crippen LogP contribution is -2.01. The molecule has 0 aromatic heterocycles. The van der Waals surface area contributed by atoms with E-state index >= 15 is 0 Å². The Morgan fingerprint density at radius 2 is 2.07 bits per heavy atom. The zero-order valence-electron chi connectivity index (χ0n) is 8.30. The third-order valence-corrected chi connectivity index (χ3v) is 2.86. The van der Waals surface area contributed by atoms with Crippen LogP contribution in [0.3, 0.4) is 0 Å². The molecule has 0 spiro atoms. The van der Waals surface area contributed by atoms with Gasteiger partial charge in [0.25, 0.3) is 0 Å². The van der Waals surface area contributed by atoms with Gasteiger partial charge >= 0.3 is 0 Å². The predicted molar refractivity (Wildman–Crippen MR) is 52.4 cm³/mol. The second-order valence-electron chi connectivity index (χ2n) is 4.10. The molecule has 1 aromatic rings. The van der Waals surface area contributed by atoms with E-state index < -0.39 is 11.6 Å². The fourth-order valence-corrected chi connectivity index (χ4v) is 2.07. The average Bonchev–Trinajstić information content (AvgIpc) is 2.58. The van der Waals surface area contributed by atoms with E-state index in [1.807, 2.05) is 0 Å². The topological polar surface area (TPSA) is 17.1 Å². The predicted octanol–water partition coefficient (Wildman–Crippen LogP) is 2.88. The lowest BCUT2D eigenvalue weighted by Gasteiger charge is -2.07. The van der Waals surface area contributed by atoms with Crippen molar-refractivity contribution in [3.8, 4) is 0 Å². The molecule has 0 bridgehead atoms. The van der Waals surface area contributed by atoms with Crippen LogP contribution >= 0.6 is 0 Å². The molecule has 1 aliphatic carbocycles. The third-order valence-electron chi connectivity index (χ3n) is 2.86. The number of benzene rings is 1. The second kappa shape index (κ2) is 4.09. The van der Waals surface area contributed by atoms with E-state index in [-0.39, 0.29) is 5.78 Å². The molecule has 0 saturated heterocycles. The van der Waals surface area contributed by atoms with Gasteiger partial charge in [-0.05, 0) is 36.5 Å². The van der Waals surface area contributed by atoms with E-state index in [0.29, 0.717) is 25.2 Å². The Bertz CT molecular complexity index is 387. The molecule has 0 aliphatic heterocycles. The van der Waals surface area contributed by atoms with Crippen LogP contribution in [0.5, 0.6) is 0 Å². The Morgan fingerprint density at radius 1 is 1.27 bits per heavy atom. The van der Waals surface area contributed by atoms with Crippen molar-refractivity contribution in [2.75, 3.05) is 0 Å². The van der Waals surface area contributed by atoms with Crippen LogP contribution in [0, 0.1) is 17.6 Å². The highest BCUT2D eigenvalue weighted by molar-refractivity contribution is 5.80. The maximum Gasteiger partial charge on any atom is 0.159 e. The van der Waals surface area contributed by atoms with Gasteiger partial charge in [-0.3, -0.25) is 4.79 Å². The molecule has 3 heteroatoms. The molecule has 0 N–H and O–H groups in total. The Balaban J connectivity index is 2.05. The number of rotatable bonds is 2. The van der Waals surface area contributed by atoms with Gasteiger partial charge in [-0.1, -0.05) is 6.07 Å². The standard InChI is InChI=1S/C12H12F2O/c13-11-4-2-9(7-12(11)14)5-8-1-3-10(15)6-8/h2,4,7-8H,1,3,5-6H2. The zero-order valence-corrected chi connectivity index (χ0v) is 8.30. The maximum atomic E-state index is 12.9. The highest BCUT2D eigenvalue weighted by Crippen LogP contribution is 2.26. The summed E-state index contributed by atoms with van der Waals surface area (Å²) in [5.41, 5.74) is 0.772. The summed E-state index contributed by atoms with van der Waals surface area (Å²) in [6, 6.07) is 3.95. The highest BCUT2D eigenvalue weighted by atomic mass is 19.2. The third kappa shape index (κ3) is 2.41. The number of hydrogen-bond donors (Lipinski definition) is 0. The molecule has 15 heavy (non-hydrogen) atoms. The van der Waals surface area contributed by atoms with Crippen LogP contribution in [0.2, 0.25) is 0 Å². The summed E-state index contributed by atoms with van der Waals surface area (Å²) in [6.07, 6.45) is 2.76. The molecule has 0 radical (unpaired) electrons. The minimum atomic E-state index is -0.818. The molecular formula is C12H12F2O. The molecule has 1 saturated carbocycles. The molecule has 1 aromatic carbocycles. The monoisotopic (exact) mass is 210 g/mol. The summed E-state index contributed by atoms with van der Waals surface area (Å²) in [6.45, 7) is 0. The average molecular weight is 210 g/mol. The quantitative estimate of drug-likeness (QED) is 0.733. The Morgan fingerprint density at radius 3 is 2.67 bits per heavy atom. The second-order valence-corrected chi connectivity index (χ2v) is 4.10. The zero-order chi connectivity index (χ0) is 10.8. The SMILES string of the molecule is O=C1CCC(Cc2ccc(F)c(F)c2)C1.